The monoisotopic (exact) mass is 682 g/mol. The van der Waals surface area contributed by atoms with Gasteiger partial charge in [0.25, 0.3) is 0 Å². The van der Waals surface area contributed by atoms with Gasteiger partial charge < -0.3 is 5.32 Å². The summed E-state index contributed by atoms with van der Waals surface area (Å²) in [6.45, 7) is 3.87. The summed E-state index contributed by atoms with van der Waals surface area (Å²) in [6, 6.07) is 8.45. The normalized spacial score (nSPS) is 19.7. The third-order valence-electron chi connectivity index (χ3n) is 7.49. The second-order valence-corrected chi connectivity index (χ2v) is 15.9. The molecule has 2 aromatic carbocycles. The lowest BCUT2D eigenvalue weighted by atomic mass is 10.0. The molecule has 3 heterocycles. The lowest BCUT2D eigenvalue weighted by Crippen LogP contribution is -2.52. The molecule has 0 bridgehead atoms. The van der Waals surface area contributed by atoms with Crippen molar-refractivity contribution >= 4 is 43.1 Å². The first-order valence-corrected chi connectivity index (χ1v) is 18.2. The molecule has 3 aromatic rings. The first kappa shape index (κ1) is 34.8. The smallest absolute Gasteiger partial charge is 0.243 e. The number of ketones is 1. The van der Waals surface area contributed by atoms with Gasteiger partial charge in [0.2, 0.25) is 26.0 Å². The first-order chi connectivity index (χ1) is 21.3. The Kier molecular flexibility index (Phi) is 11.6. The van der Waals surface area contributed by atoms with Crippen molar-refractivity contribution < 1.29 is 35.2 Å². The number of sulfonamides is 2. The van der Waals surface area contributed by atoms with Crippen LogP contribution in [0.3, 0.4) is 0 Å². The molecule has 45 heavy (non-hydrogen) atoms. The number of carbonyl (C=O) groups excluding carboxylic acids is 2. The molecule has 2 atom stereocenters. The Hall–Kier alpha value is -3.11. The highest BCUT2D eigenvalue weighted by molar-refractivity contribution is 7.89. The van der Waals surface area contributed by atoms with Crippen LogP contribution < -0.4 is 5.32 Å². The molecule has 5 rings (SSSR count). The molecule has 15 heteroatoms. The van der Waals surface area contributed by atoms with Crippen molar-refractivity contribution in [2.24, 2.45) is 0 Å². The number of aromatic nitrogens is 1. The van der Waals surface area contributed by atoms with E-state index in [-0.39, 0.29) is 34.7 Å². The minimum Gasteiger partial charge on any atom is -0.348 e. The highest BCUT2D eigenvalue weighted by atomic mass is 32.2. The number of halogens is 2. The number of carbonyl (C=O) groups is 2. The zero-order valence-electron chi connectivity index (χ0n) is 25.0. The van der Waals surface area contributed by atoms with Gasteiger partial charge in [0, 0.05) is 24.2 Å². The third kappa shape index (κ3) is 8.58. The molecule has 2 saturated heterocycles. The average molecular weight is 683 g/mol. The number of rotatable bonds is 8. The fourth-order valence-electron chi connectivity index (χ4n) is 5.23. The molecule has 244 valence electrons. The van der Waals surface area contributed by atoms with E-state index in [4.69, 9.17) is 0 Å². The SMILES string of the molecule is CC(=O)CNC(=O)[C@@H]1CCCCN1S(=O)(=O)c1ccc(F)cc1.Cc1cnc([C@@H]2CCCCN2S(=O)(=O)c2ccc(F)cc2)s1. The van der Waals surface area contributed by atoms with E-state index in [0.717, 1.165) is 52.0 Å². The summed E-state index contributed by atoms with van der Waals surface area (Å²) >= 11 is 1.53. The maximum Gasteiger partial charge on any atom is 0.243 e. The summed E-state index contributed by atoms with van der Waals surface area (Å²) in [4.78, 5) is 28.7. The van der Waals surface area contributed by atoms with Crippen molar-refractivity contribution in [3.63, 3.8) is 0 Å². The molecule has 1 amide bonds. The molecule has 0 spiro atoms. The summed E-state index contributed by atoms with van der Waals surface area (Å²) in [5.41, 5.74) is 0. The Morgan fingerprint density at radius 3 is 1.87 bits per heavy atom. The van der Waals surface area contributed by atoms with Crippen LogP contribution in [-0.2, 0) is 29.6 Å². The number of aryl methyl sites for hydroxylation is 1. The fraction of sp³-hybridized carbons (Fsp3) is 0.433. The maximum atomic E-state index is 13.0. The molecule has 0 unspecified atom stereocenters. The van der Waals surface area contributed by atoms with E-state index >= 15 is 0 Å². The number of thiazole rings is 1. The minimum absolute atomic E-state index is 0.0508. The lowest BCUT2D eigenvalue weighted by Gasteiger charge is -2.33. The molecule has 10 nitrogen and oxygen atoms in total. The Bertz CT molecular complexity index is 1700. The molecule has 0 saturated carbocycles. The molecule has 0 radical (unpaired) electrons. The number of nitrogens with one attached hydrogen (secondary N) is 1. The van der Waals surface area contributed by atoms with Gasteiger partial charge in [-0.25, -0.2) is 30.6 Å². The van der Waals surface area contributed by atoms with Gasteiger partial charge in [-0.3, -0.25) is 9.59 Å². The maximum absolute atomic E-state index is 13.0. The van der Waals surface area contributed by atoms with Gasteiger partial charge in [0.1, 0.15) is 28.5 Å². The summed E-state index contributed by atoms with van der Waals surface area (Å²) < 4.78 is 79.8. The highest BCUT2D eigenvalue weighted by Crippen LogP contribution is 2.37. The van der Waals surface area contributed by atoms with Gasteiger partial charge in [-0.05, 0) is 88.1 Å². The van der Waals surface area contributed by atoms with E-state index in [1.165, 1.54) is 59.0 Å². The van der Waals surface area contributed by atoms with Crippen molar-refractivity contribution in [2.75, 3.05) is 19.6 Å². The number of hydrogen-bond acceptors (Lipinski definition) is 8. The van der Waals surface area contributed by atoms with Crippen molar-refractivity contribution in [2.45, 2.75) is 74.2 Å². The summed E-state index contributed by atoms with van der Waals surface area (Å²) in [5.74, 6) is -1.66. The zero-order chi connectivity index (χ0) is 32.8. The fourth-order valence-corrected chi connectivity index (χ4v) is 9.54. The van der Waals surface area contributed by atoms with Crippen LogP contribution in [0.5, 0.6) is 0 Å². The van der Waals surface area contributed by atoms with Gasteiger partial charge in [0.15, 0.2) is 0 Å². The van der Waals surface area contributed by atoms with Crippen molar-refractivity contribution in [3.05, 3.63) is 76.2 Å². The van der Waals surface area contributed by atoms with E-state index in [9.17, 15) is 35.2 Å². The van der Waals surface area contributed by atoms with Crippen LogP contribution in [0.25, 0.3) is 0 Å². The largest absolute Gasteiger partial charge is 0.348 e. The van der Waals surface area contributed by atoms with Crippen molar-refractivity contribution in [1.29, 1.82) is 0 Å². The van der Waals surface area contributed by atoms with E-state index in [1.807, 2.05) is 6.92 Å². The van der Waals surface area contributed by atoms with E-state index in [2.05, 4.69) is 10.3 Å². The molecule has 2 aliphatic heterocycles. The van der Waals surface area contributed by atoms with Crippen LogP contribution in [0.4, 0.5) is 8.78 Å². The topological polar surface area (TPSA) is 134 Å². The first-order valence-electron chi connectivity index (χ1n) is 14.5. The van der Waals surface area contributed by atoms with Gasteiger partial charge in [-0.15, -0.1) is 11.3 Å². The third-order valence-corrected chi connectivity index (χ3v) is 12.3. The Morgan fingerprint density at radius 2 is 1.36 bits per heavy atom. The number of Topliss-reactive ketones (excluding diaryl/α,β-unsaturated/α-hetero) is 1. The summed E-state index contributed by atoms with van der Waals surface area (Å²) in [6.07, 6.45) is 6.14. The molecule has 1 N–H and O–H groups in total. The summed E-state index contributed by atoms with van der Waals surface area (Å²) in [7, 11) is -7.52. The quantitative estimate of drug-likeness (QED) is 0.368. The molecule has 2 aliphatic rings. The molecule has 2 fully saturated rings. The average Bonchev–Trinajstić information content (AvgIpc) is 3.46. The number of benzene rings is 2. The molecular weight excluding hydrogens is 647 g/mol. The van der Waals surface area contributed by atoms with Crippen LogP contribution in [0, 0.1) is 18.6 Å². The Labute approximate surface area is 266 Å². The number of amides is 1. The van der Waals surface area contributed by atoms with Crippen LogP contribution >= 0.6 is 11.3 Å². The Morgan fingerprint density at radius 1 is 0.844 bits per heavy atom. The predicted octanol–water partition coefficient (Wildman–Crippen LogP) is 4.58. The van der Waals surface area contributed by atoms with Gasteiger partial charge in [-0.2, -0.15) is 8.61 Å². The van der Waals surface area contributed by atoms with Crippen LogP contribution in [0.1, 0.15) is 61.4 Å². The predicted molar refractivity (Wildman–Crippen MR) is 165 cm³/mol. The summed E-state index contributed by atoms with van der Waals surface area (Å²) in [5, 5.41) is 3.30. The number of nitrogens with zero attached hydrogens (tertiary/aromatic N) is 3. The second kappa shape index (κ2) is 15.0. The number of hydrogen-bond donors (Lipinski definition) is 1. The second-order valence-electron chi connectivity index (χ2n) is 10.9. The van der Waals surface area contributed by atoms with E-state index in [1.54, 1.807) is 6.20 Å². The van der Waals surface area contributed by atoms with Gasteiger partial charge in [-0.1, -0.05) is 12.8 Å². The number of piperidine rings is 2. The molecule has 0 aliphatic carbocycles. The minimum atomic E-state index is -3.89. The lowest BCUT2D eigenvalue weighted by molar-refractivity contribution is -0.128. The highest BCUT2D eigenvalue weighted by Gasteiger charge is 2.38. The van der Waals surface area contributed by atoms with Crippen LogP contribution in [0.2, 0.25) is 0 Å². The van der Waals surface area contributed by atoms with Crippen molar-refractivity contribution in [1.82, 2.24) is 18.9 Å². The molecule has 1 aromatic heterocycles. The zero-order valence-corrected chi connectivity index (χ0v) is 27.4. The van der Waals surface area contributed by atoms with Gasteiger partial charge in [0.05, 0.1) is 22.4 Å². The van der Waals surface area contributed by atoms with Gasteiger partial charge >= 0.3 is 0 Å². The molecular formula is C30H36F2N4O6S3. The van der Waals surface area contributed by atoms with Crippen molar-refractivity contribution in [3.8, 4) is 0 Å². The van der Waals surface area contributed by atoms with Crippen LogP contribution in [0.15, 0.2) is 64.5 Å². The van der Waals surface area contributed by atoms with E-state index < -0.39 is 43.6 Å². The standard InChI is InChI=1S/C15H19FN2O4S.C15H17FN2O2S2/c1-11(19)10-17-15(20)14-4-2-3-9-18(14)23(21,22)13-7-5-12(16)6-8-13;1-11-10-17-15(21-11)14-4-2-3-9-18(14)22(19,20)13-7-5-12(16)6-8-13/h5-8,14H,2-4,9-10H2,1H3,(H,17,20);5-8,10,14H,2-4,9H2,1H3/t2*14-/m00/s1. The Balaban J connectivity index is 0.000000205. The van der Waals surface area contributed by atoms with Crippen LogP contribution in [-0.4, -0.2) is 67.8 Å². The van der Waals surface area contributed by atoms with E-state index in [0.29, 0.717) is 19.4 Å².